The van der Waals surface area contributed by atoms with E-state index in [4.69, 9.17) is 5.11 Å². The van der Waals surface area contributed by atoms with Gasteiger partial charge in [0.1, 0.15) is 5.69 Å². The number of hydrogen-bond acceptors (Lipinski definition) is 1. The molecule has 0 bridgehead atoms. The first-order valence-corrected chi connectivity index (χ1v) is 4.94. The van der Waals surface area contributed by atoms with Crippen molar-refractivity contribution in [2.45, 2.75) is 13.5 Å². The van der Waals surface area contributed by atoms with Gasteiger partial charge < -0.3 is 9.67 Å². The van der Waals surface area contributed by atoms with Gasteiger partial charge in [0.15, 0.2) is 0 Å². The van der Waals surface area contributed by atoms with Crippen LogP contribution in [-0.4, -0.2) is 15.6 Å². The third-order valence-corrected chi connectivity index (χ3v) is 3.52. The van der Waals surface area contributed by atoms with E-state index in [0.29, 0.717) is 6.54 Å². The number of aromatic carboxylic acids is 1. The van der Waals surface area contributed by atoms with E-state index in [9.17, 15) is 4.79 Å². The summed E-state index contributed by atoms with van der Waals surface area (Å²) in [5.74, 6) is -0.914. The lowest BCUT2D eigenvalue weighted by atomic mass is 10.4. The zero-order valence-electron chi connectivity index (χ0n) is 6.34. The molecule has 3 nitrogen and oxygen atoms in total. The predicted molar refractivity (Wildman–Crippen MR) is 52.5 cm³/mol. The minimum atomic E-state index is -0.914. The molecule has 0 atom stereocenters. The standard InChI is InChI=1S/C7H7Br2NO2/c1-2-10-5(7(11)12)3-4(8)6(10)9/h3H,2H2,1H3,(H,11,12). The van der Waals surface area contributed by atoms with Crippen LogP contribution in [0.2, 0.25) is 0 Å². The summed E-state index contributed by atoms with van der Waals surface area (Å²) in [7, 11) is 0. The van der Waals surface area contributed by atoms with Gasteiger partial charge in [-0.2, -0.15) is 0 Å². The van der Waals surface area contributed by atoms with Gasteiger partial charge in [0.25, 0.3) is 0 Å². The lowest BCUT2D eigenvalue weighted by Gasteiger charge is -2.02. The SMILES string of the molecule is CCn1c(C(=O)O)cc(Br)c1Br. The topological polar surface area (TPSA) is 42.2 Å². The number of carbonyl (C=O) groups is 1. The summed E-state index contributed by atoms with van der Waals surface area (Å²) >= 11 is 6.53. The fourth-order valence-corrected chi connectivity index (χ4v) is 1.97. The van der Waals surface area contributed by atoms with Crippen molar-refractivity contribution in [2.75, 3.05) is 0 Å². The molecule has 0 amide bonds. The third-order valence-electron chi connectivity index (χ3n) is 1.52. The van der Waals surface area contributed by atoms with Gasteiger partial charge in [-0.3, -0.25) is 0 Å². The first kappa shape index (κ1) is 9.80. The second-order valence-corrected chi connectivity index (χ2v) is 3.82. The highest BCUT2D eigenvalue weighted by Gasteiger charge is 2.14. The maximum atomic E-state index is 10.7. The number of nitrogens with zero attached hydrogens (tertiary/aromatic N) is 1. The van der Waals surface area contributed by atoms with E-state index in [-0.39, 0.29) is 5.69 Å². The highest BCUT2D eigenvalue weighted by atomic mass is 79.9. The maximum Gasteiger partial charge on any atom is 0.352 e. The summed E-state index contributed by atoms with van der Waals surface area (Å²) in [6, 6.07) is 1.58. The Morgan fingerprint density at radius 3 is 2.58 bits per heavy atom. The molecule has 0 aromatic carbocycles. The fraction of sp³-hybridized carbons (Fsp3) is 0.286. The first-order chi connectivity index (χ1) is 5.57. The van der Waals surface area contributed by atoms with Crippen molar-refractivity contribution < 1.29 is 9.90 Å². The van der Waals surface area contributed by atoms with Gasteiger partial charge in [0.05, 0.1) is 9.08 Å². The van der Waals surface area contributed by atoms with E-state index in [1.165, 1.54) is 0 Å². The molecule has 1 rings (SSSR count). The average Bonchev–Trinajstić information content (AvgIpc) is 2.29. The van der Waals surface area contributed by atoms with E-state index in [0.717, 1.165) is 9.08 Å². The Labute approximate surface area is 86.6 Å². The molecule has 0 aliphatic rings. The number of carboxylic acids is 1. The quantitative estimate of drug-likeness (QED) is 0.912. The summed E-state index contributed by atoms with van der Waals surface area (Å²) in [5, 5.41) is 8.77. The van der Waals surface area contributed by atoms with Gasteiger partial charge in [0.2, 0.25) is 0 Å². The summed E-state index contributed by atoms with van der Waals surface area (Å²) in [5.41, 5.74) is 0.288. The van der Waals surface area contributed by atoms with Crippen LogP contribution in [0.25, 0.3) is 0 Å². The molecule has 0 spiro atoms. The van der Waals surface area contributed by atoms with Crippen molar-refractivity contribution >= 4 is 37.8 Å². The smallest absolute Gasteiger partial charge is 0.352 e. The molecule has 0 aliphatic carbocycles. The van der Waals surface area contributed by atoms with Crippen molar-refractivity contribution in [1.29, 1.82) is 0 Å². The number of rotatable bonds is 2. The molecule has 5 heteroatoms. The lowest BCUT2D eigenvalue weighted by Crippen LogP contribution is -2.06. The number of hydrogen-bond donors (Lipinski definition) is 1. The van der Waals surface area contributed by atoms with Crippen LogP contribution in [0.15, 0.2) is 15.1 Å². The Bertz CT molecular complexity index is 319. The normalized spacial score (nSPS) is 10.2. The van der Waals surface area contributed by atoms with Crippen LogP contribution in [0.3, 0.4) is 0 Å². The maximum absolute atomic E-state index is 10.7. The van der Waals surface area contributed by atoms with E-state index < -0.39 is 5.97 Å². The zero-order chi connectivity index (χ0) is 9.30. The molecule has 0 unspecified atom stereocenters. The van der Waals surface area contributed by atoms with Gasteiger partial charge >= 0.3 is 5.97 Å². The molecule has 1 N–H and O–H groups in total. The zero-order valence-corrected chi connectivity index (χ0v) is 9.52. The molecule has 66 valence electrons. The molecule has 1 aromatic heterocycles. The predicted octanol–water partition coefficient (Wildman–Crippen LogP) is 2.73. The fourth-order valence-electron chi connectivity index (χ4n) is 0.979. The number of carboxylic acid groups (broad SMARTS) is 1. The van der Waals surface area contributed by atoms with Crippen molar-refractivity contribution in [3.05, 3.63) is 20.8 Å². The largest absolute Gasteiger partial charge is 0.477 e. The molecule has 12 heavy (non-hydrogen) atoms. The minimum Gasteiger partial charge on any atom is -0.477 e. The van der Waals surface area contributed by atoms with Gasteiger partial charge in [-0.1, -0.05) is 0 Å². The van der Waals surface area contributed by atoms with Crippen LogP contribution in [0.1, 0.15) is 17.4 Å². The van der Waals surface area contributed by atoms with E-state index in [1.54, 1.807) is 10.6 Å². The molecule has 0 radical (unpaired) electrons. The Kier molecular flexibility index (Phi) is 2.95. The Hall–Kier alpha value is -0.290. The first-order valence-electron chi connectivity index (χ1n) is 3.35. The van der Waals surface area contributed by atoms with Crippen LogP contribution >= 0.6 is 31.9 Å². The molecule has 0 aliphatic heterocycles. The van der Waals surface area contributed by atoms with Gasteiger partial charge in [-0.05, 0) is 44.8 Å². The Balaban J connectivity index is 3.29. The van der Waals surface area contributed by atoms with Gasteiger partial charge in [-0.25, -0.2) is 4.79 Å². The average molecular weight is 297 g/mol. The second-order valence-electron chi connectivity index (χ2n) is 2.22. The van der Waals surface area contributed by atoms with E-state index >= 15 is 0 Å². The van der Waals surface area contributed by atoms with E-state index in [2.05, 4.69) is 31.9 Å². The molecule has 0 fully saturated rings. The van der Waals surface area contributed by atoms with Crippen molar-refractivity contribution in [3.63, 3.8) is 0 Å². The van der Waals surface area contributed by atoms with Crippen LogP contribution in [-0.2, 0) is 6.54 Å². The third kappa shape index (κ3) is 1.56. The number of aromatic nitrogens is 1. The molecule has 1 heterocycles. The van der Waals surface area contributed by atoms with Crippen LogP contribution in [0.4, 0.5) is 0 Å². The Morgan fingerprint density at radius 1 is 1.67 bits per heavy atom. The second kappa shape index (κ2) is 3.62. The van der Waals surface area contributed by atoms with Gasteiger partial charge in [0, 0.05) is 6.54 Å². The Morgan fingerprint density at radius 2 is 2.25 bits per heavy atom. The van der Waals surface area contributed by atoms with Crippen molar-refractivity contribution in [3.8, 4) is 0 Å². The van der Waals surface area contributed by atoms with E-state index in [1.807, 2.05) is 6.92 Å². The summed E-state index contributed by atoms with van der Waals surface area (Å²) < 4.78 is 3.20. The summed E-state index contributed by atoms with van der Waals surface area (Å²) in [6.45, 7) is 2.53. The molecule has 0 saturated heterocycles. The highest BCUT2D eigenvalue weighted by Crippen LogP contribution is 2.27. The summed E-state index contributed by atoms with van der Waals surface area (Å²) in [4.78, 5) is 10.7. The molecular formula is C7H7Br2NO2. The van der Waals surface area contributed by atoms with Crippen molar-refractivity contribution in [1.82, 2.24) is 4.57 Å². The number of halogens is 2. The molecule has 0 saturated carbocycles. The van der Waals surface area contributed by atoms with Crippen LogP contribution < -0.4 is 0 Å². The molecule has 1 aromatic rings. The van der Waals surface area contributed by atoms with Crippen LogP contribution in [0.5, 0.6) is 0 Å². The monoisotopic (exact) mass is 295 g/mol. The summed E-state index contributed by atoms with van der Waals surface area (Å²) in [6.07, 6.45) is 0. The molecular weight excluding hydrogens is 290 g/mol. The lowest BCUT2D eigenvalue weighted by molar-refractivity contribution is 0.0685. The van der Waals surface area contributed by atoms with Crippen LogP contribution in [0, 0.1) is 0 Å². The van der Waals surface area contributed by atoms with Gasteiger partial charge in [-0.15, -0.1) is 0 Å². The van der Waals surface area contributed by atoms with Crippen molar-refractivity contribution in [2.24, 2.45) is 0 Å². The minimum absolute atomic E-state index is 0.288. The highest BCUT2D eigenvalue weighted by molar-refractivity contribution is 9.13.